The molecule has 0 unspecified atom stereocenters. The second-order valence-corrected chi connectivity index (χ2v) is 10.4. The molecular formula is C19H23N3O5S2. The first-order chi connectivity index (χ1) is 13.9. The van der Waals surface area contributed by atoms with E-state index in [4.69, 9.17) is 9.26 Å². The Morgan fingerprint density at radius 1 is 1.31 bits per heavy atom. The maximum Gasteiger partial charge on any atom is 0.250 e. The smallest absolute Gasteiger partial charge is 0.250 e. The van der Waals surface area contributed by atoms with Crippen molar-refractivity contribution < 1.29 is 22.5 Å². The van der Waals surface area contributed by atoms with Crippen molar-refractivity contribution in [2.45, 2.75) is 42.9 Å². The molecule has 1 aliphatic carbocycles. The number of anilines is 1. The second-order valence-electron chi connectivity index (χ2n) is 7.25. The first-order valence-corrected chi connectivity index (χ1v) is 11.9. The highest BCUT2D eigenvalue weighted by molar-refractivity contribution is 7.91. The summed E-state index contributed by atoms with van der Waals surface area (Å²) in [5, 5.41) is 6.78. The Hall–Kier alpha value is -2.01. The summed E-state index contributed by atoms with van der Waals surface area (Å²) in [7, 11) is -3.57. The van der Waals surface area contributed by atoms with Crippen molar-refractivity contribution in [3.05, 3.63) is 28.5 Å². The number of amides is 1. The number of nitrogens with zero attached hydrogens (tertiary/aromatic N) is 1. The lowest BCUT2D eigenvalue weighted by Gasteiger charge is -2.10. The molecule has 1 atom stereocenters. The number of ether oxygens (including phenoxy) is 1. The van der Waals surface area contributed by atoms with E-state index in [2.05, 4.69) is 15.2 Å². The lowest BCUT2D eigenvalue weighted by Crippen LogP contribution is -2.31. The van der Waals surface area contributed by atoms with E-state index >= 15 is 0 Å². The SMILES string of the molecule is Cc1noc(/C=C/c2ccc(S(=O)(=O)NC[C@H]3CCCO3)s2)c1NC(=O)C1CC1. The van der Waals surface area contributed by atoms with Crippen molar-refractivity contribution in [2.75, 3.05) is 18.5 Å². The van der Waals surface area contributed by atoms with E-state index in [1.807, 2.05) is 0 Å². The van der Waals surface area contributed by atoms with E-state index in [1.54, 1.807) is 31.2 Å². The maximum atomic E-state index is 12.5. The fourth-order valence-corrected chi connectivity index (χ4v) is 5.37. The fraction of sp³-hybridized carbons (Fsp3) is 0.474. The number of carbonyl (C=O) groups excluding carboxylic acids is 1. The van der Waals surface area contributed by atoms with E-state index in [0.717, 1.165) is 41.9 Å². The van der Waals surface area contributed by atoms with Crippen molar-refractivity contribution in [1.29, 1.82) is 0 Å². The molecule has 1 amide bonds. The van der Waals surface area contributed by atoms with E-state index in [1.165, 1.54) is 0 Å². The van der Waals surface area contributed by atoms with Gasteiger partial charge in [0, 0.05) is 23.9 Å². The summed E-state index contributed by atoms with van der Waals surface area (Å²) < 4.78 is 38.5. The molecule has 0 radical (unpaired) electrons. The lowest BCUT2D eigenvalue weighted by molar-refractivity contribution is -0.117. The largest absolute Gasteiger partial charge is 0.377 e. The van der Waals surface area contributed by atoms with Crippen LogP contribution in [0.3, 0.4) is 0 Å². The zero-order valence-corrected chi connectivity index (χ0v) is 17.6. The first-order valence-electron chi connectivity index (χ1n) is 9.59. The van der Waals surface area contributed by atoms with Crippen LogP contribution in [0.5, 0.6) is 0 Å². The summed E-state index contributed by atoms with van der Waals surface area (Å²) in [6.07, 6.45) is 7.04. The van der Waals surface area contributed by atoms with Crippen LogP contribution in [0.1, 0.15) is 42.0 Å². The predicted molar refractivity (Wildman–Crippen MR) is 110 cm³/mol. The molecule has 2 aliphatic rings. The molecule has 2 N–H and O–H groups in total. The Morgan fingerprint density at radius 3 is 2.86 bits per heavy atom. The van der Waals surface area contributed by atoms with Gasteiger partial charge in [-0.2, -0.15) is 0 Å². The summed E-state index contributed by atoms with van der Waals surface area (Å²) in [6, 6.07) is 3.30. The van der Waals surface area contributed by atoms with Crippen molar-refractivity contribution in [2.24, 2.45) is 5.92 Å². The van der Waals surface area contributed by atoms with Gasteiger partial charge in [-0.1, -0.05) is 5.16 Å². The molecule has 1 aliphatic heterocycles. The Morgan fingerprint density at radius 2 is 2.14 bits per heavy atom. The number of aryl methyl sites for hydroxylation is 1. The zero-order chi connectivity index (χ0) is 20.4. The minimum Gasteiger partial charge on any atom is -0.377 e. The number of hydrogen-bond acceptors (Lipinski definition) is 7. The van der Waals surface area contributed by atoms with Crippen molar-refractivity contribution in [3.63, 3.8) is 0 Å². The number of rotatable bonds is 8. The number of sulfonamides is 1. The standard InChI is InChI=1S/C19H23N3O5S2/c1-12-18(21-19(23)13-4-5-13)16(27-22-12)8-6-15-7-9-17(28-15)29(24,25)20-11-14-3-2-10-26-14/h6-9,13-14,20H,2-5,10-11H2,1H3,(H,21,23)/b8-6+/t14-/m1/s1. The van der Waals surface area contributed by atoms with Gasteiger partial charge in [-0.05, 0) is 56.9 Å². The third-order valence-electron chi connectivity index (χ3n) is 4.88. The second kappa shape index (κ2) is 8.39. The van der Waals surface area contributed by atoms with E-state index < -0.39 is 10.0 Å². The third kappa shape index (κ3) is 4.95. The number of nitrogens with one attached hydrogen (secondary N) is 2. The van der Waals surface area contributed by atoms with Crippen LogP contribution in [-0.2, 0) is 19.6 Å². The molecule has 2 fully saturated rings. The summed E-state index contributed by atoms with van der Waals surface area (Å²) >= 11 is 1.16. The summed E-state index contributed by atoms with van der Waals surface area (Å²) in [6.45, 7) is 2.73. The average molecular weight is 438 g/mol. The van der Waals surface area contributed by atoms with E-state index in [0.29, 0.717) is 23.7 Å². The van der Waals surface area contributed by atoms with Gasteiger partial charge >= 0.3 is 0 Å². The van der Waals surface area contributed by atoms with Crippen LogP contribution in [0.2, 0.25) is 0 Å². The Labute approximate surface area is 173 Å². The van der Waals surface area contributed by atoms with Gasteiger partial charge in [-0.25, -0.2) is 13.1 Å². The van der Waals surface area contributed by atoms with Gasteiger partial charge < -0.3 is 14.6 Å². The molecule has 1 saturated heterocycles. The van der Waals surface area contributed by atoms with Crippen LogP contribution in [0.25, 0.3) is 12.2 Å². The minimum atomic E-state index is -3.57. The third-order valence-corrected chi connectivity index (χ3v) is 7.84. The van der Waals surface area contributed by atoms with Gasteiger partial charge in [0.25, 0.3) is 0 Å². The topological polar surface area (TPSA) is 111 Å². The normalized spacial score (nSPS) is 19.8. The molecule has 8 nitrogen and oxygen atoms in total. The van der Waals surface area contributed by atoms with Gasteiger partial charge in [0.05, 0.1) is 6.10 Å². The average Bonchev–Trinajstić information content (AvgIpc) is 3.07. The van der Waals surface area contributed by atoms with Crippen LogP contribution in [0, 0.1) is 12.8 Å². The number of carbonyl (C=O) groups is 1. The van der Waals surface area contributed by atoms with Gasteiger partial charge in [0.2, 0.25) is 15.9 Å². The fourth-order valence-electron chi connectivity index (χ4n) is 3.03. The lowest BCUT2D eigenvalue weighted by atomic mass is 10.2. The molecule has 1 saturated carbocycles. The van der Waals surface area contributed by atoms with Gasteiger partial charge in [0.15, 0.2) is 5.76 Å². The maximum absolute atomic E-state index is 12.5. The van der Waals surface area contributed by atoms with E-state index in [9.17, 15) is 13.2 Å². The van der Waals surface area contributed by atoms with Crippen LogP contribution in [0.4, 0.5) is 5.69 Å². The van der Waals surface area contributed by atoms with Gasteiger partial charge in [0.1, 0.15) is 15.6 Å². The highest BCUT2D eigenvalue weighted by Gasteiger charge is 2.31. The van der Waals surface area contributed by atoms with Crippen LogP contribution in [-0.4, -0.2) is 38.7 Å². The zero-order valence-electron chi connectivity index (χ0n) is 16.0. The molecular weight excluding hydrogens is 414 g/mol. The van der Waals surface area contributed by atoms with Crippen LogP contribution in [0.15, 0.2) is 20.9 Å². The Kier molecular flexibility index (Phi) is 5.86. The quantitative estimate of drug-likeness (QED) is 0.657. The molecule has 2 aromatic rings. The van der Waals surface area contributed by atoms with E-state index in [-0.39, 0.29) is 28.7 Å². The molecule has 0 aromatic carbocycles. The highest BCUT2D eigenvalue weighted by atomic mass is 32.2. The molecule has 3 heterocycles. The van der Waals surface area contributed by atoms with Gasteiger partial charge in [-0.15, -0.1) is 11.3 Å². The molecule has 2 aromatic heterocycles. The number of thiophene rings is 1. The molecule has 10 heteroatoms. The number of hydrogen-bond donors (Lipinski definition) is 2. The molecule has 0 spiro atoms. The first kappa shape index (κ1) is 20.3. The molecule has 29 heavy (non-hydrogen) atoms. The van der Waals surface area contributed by atoms with Gasteiger partial charge in [-0.3, -0.25) is 4.79 Å². The van der Waals surface area contributed by atoms with Crippen molar-refractivity contribution in [1.82, 2.24) is 9.88 Å². The molecule has 4 rings (SSSR count). The Balaban J connectivity index is 1.42. The van der Waals surface area contributed by atoms with Crippen LogP contribution >= 0.6 is 11.3 Å². The van der Waals surface area contributed by atoms with Crippen molar-refractivity contribution in [3.8, 4) is 0 Å². The number of aromatic nitrogens is 1. The summed E-state index contributed by atoms with van der Waals surface area (Å²) in [5.41, 5.74) is 1.16. The highest BCUT2D eigenvalue weighted by Crippen LogP contribution is 2.32. The predicted octanol–water partition coefficient (Wildman–Crippen LogP) is 3.02. The monoisotopic (exact) mass is 437 g/mol. The minimum absolute atomic E-state index is 0.0206. The summed E-state index contributed by atoms with van der Waals surface area (Å²) in [4.78, 5) is 12.8. The van der Waals surface area contributed by atoms with Crippen molar-refractivity contribution >= 4 is 45.1 Å². The Bertz CT molecular complexity index is 1010. The summed E-state index contributed by atoms with van der Waals surface area (Å²) in [5.74, 6) is 0.493. The van der Waals surface area contributed by atoms with Crippen LogP contribution < -0.4 is 10.0 Å². The molecule has 0 bridgehead atoms. The molecule has 156 valence electrons.